The molecule has 0 aliphatic carbocycles. The summed E-state index contributed by atoms with van der Waals surface area (Å²) in [5, 5.41) is 12.5. The maximum atomic E-state index is 12.4. The highest BCUT2D eigenvalue weighted by Crippen LogP contribution is 2.25. The van der Waals surface area contributed by atoms with Gasteiger partial charge in [0.15, 0.2) is 5.82 Å². The number of aromatic nitrogens is 3. The van der Waals surface area contributed by atoms with Crippen LogP contribution in [0.2, 0.25) is 0 Å². The Balaban J connectivity index is 1.53. The van der Waals surface area contributed by atoms with E-state index in [9.17, 15) is 4.79 Å². The highest BCUT2D eigenvalue weighted by molar-refractivity contribution is 8.00. The molecule has 3 rings (SSSR count). The number of thioether (sulfide) groups is 1. The number of carbonyl (C=O) groups excluding carboxylic acids is 1. The van der Waals surface area contributed by atoms with Crippen LogP contribution in [0.3, 0.4) is 0 Å². The molecule has 0 aliphatic heterocycles. The van der Waals surface area contributed by atoms with E-state index in [1.165, 1.54) is 17.3 Å². The van der Waals surface area contributed by atoms with Gasteiger partial charge in [-0.1, -0.05) is 55.1 Å². The molecule has 3 aromatic rings. The van der Waals surface area contributed by atoms with Crippen LogP contribution in [0.4, 0.5) is 0 Å². The van der Waals surface area contributed by atoms with Crippen molar-refractivity contribution in [3.63, 3.8) is 0 Å². The molecule has 1 amide bonds. The van der Waals surface area contributed by atoms with Crippen molar-refractivity contribution in [2.45, 2.75) is 36.6 Å². The number of rotatable bonds is 8. The Morgan fingerprint density at radius 3 is 2.77 bits per heavy atom. The van der Waals surface area contributed by atoms with Gasteiger partial charge in [0.25, 0.3) is 0 Å². The first-order chi connectivity index (χ1) is 12.7. The molecular formula is C19H22N4OS2. The molecule has 1 aromatic carbocycles. The number of hydrogen-bond acceptors (Lipinski definition) is 5. The highest BCUT2D eigenvalue weighted by Gasteiger charge is 2.19. The smallest absolute Gasteiger partial charge is 0.233 e. The van der Waals surface area contributed by atoms with Gasteiger partial charge in [-0.05, 0) is 30.4 Å². The molecule has 2 heterocycles. The summed E-state index contributed by atoms with van der Waals surface area (Å²) >= 11 is 2.97. The fraction of sp³-hybridized carbons (Fsp3) is 0.316. The molecule has 5 nitrogen and oxygen atoms in total. The van der Waals surface area contributed by atoms with Crippen molar-refractivity contribution in [2.24, 2.45) is 0 Å². The Morgan fingerprint density at radius 1 is 1.27 bits per heavy atom. The van der Waals surface area contributed by atoms with E-state index in [1.54, 1.807) is 11.3 Å². The lowest BCUT2D eigenvalue weighted by atomic mass is 9.96. The van der Waals surface area contributed by atoms with Crippen molar-refractivity contribution < 1.29 is 4.79 Å². The Bertz CT molecular complexity index is 817. The van der Waals surface area contributed by atoms with E-state index in [0.29, 0.717) is 17.6 Å². The van der Waals surface area contributed by atoms with Crippen LogP contribution in [0, 0.1) is 0 Å². The lowest BCUT2D eigenvalue weighted by Crippen LogP contribution is -2.34. The van der Waals surface area contributed by atoms with Gasteiger partial charge in [0, 0.05) is 12.5 Å². The number of aromatic amines is 1. The minimum atomic E-state index is -0.254. The topological polar surface area (TPSA) is 70.7 Å². The first-order valence-corrected chi connectivity index (χ1v) is 10.4. The molecule has 2 atom stereocenters. The number of nitrogens with one attached hydrogen (secondary N) is 2. The van der Waals surface area contributed by atoms with Crippen molar-refractivity contribution >= 4 is 29.0 Å². The summed E-state index contributed by atoms with van der Waals surface area (Å²) in [6.45, 7) is 4.66. The summed E-state index contributed by atoms with van der Waals surface area (Å²) in [5.41, 5.74) is 1.25. The van der Waals surface area contributed by atoms with E-state index < -0.39 is 0 Å². The van der Waals surface area contributed by atoms with Gasteiger partial charge in [-0.2, -0.15) is 0 Å². The minimum Gasteiger partial charge on any atom is -0.355 e. The van der Waals surface area contributed by atoms with Crippen LogP contribution >= 0.6 is 23.1 Å². The van der Waals surface area contributed by atoms with Gasteiger partial charge in [-0.3, -0.25) is 9.89 Å². The van der Waals surface area contributed by atoms with Crippen LogP contribution in [-0.4, -0.2) is 32.9 Å². The lowest BCUT2D eigenvalue weighted by Gasteiger charge is -2.17. The molecule has 0 saturated carbocycles. The number of carbonyl (C=O) groups is 1. The van der Waals surface area contributed by atoms with Gasteiger partial charge in [0.05, 0.1) is 10.1 Å². The normalized spacial score (nSPS) is 13.3. The van der Waals surface area contributed by atoms with E-state index in [4.69, 9.17) is 0 Å². The summed E-state index contributed by atoms with van der Waals surface area (Å²) < 4.78 is 0. The second-order valence-electron chi connectivity index (χ2n) is 5.96. The standard InChI is InChI=1S/C19H22N4OS2/c1-3-14(15-8-5-4-6-9-15)12-20-18(24)13(2)26-19-21-17(22-23-19)16-10-7-11-25-16/h4-11,13-14H,3,12H2,1-2H3,(H,20,24)(H,21,22,23)/t13-,14-/m1/s1. The van der Waals surface area contributed by atoms with Crippen LogP contribution in [0.1, 0.15) is 31.7 Å². The second-order valence-corrected chi connectivity index (χ2v) is 8.22. The maximum Gasteiger partial charge on any atom is 0.233 e. The van der Waals surface area contributed by atoms with Gasteiger partial charge < -0.3 is 5.32 Å². The molecule has 2 aromatic heterocycles. The van der Waals surface area contributed by atoms with Crippen LogP contribution in [0.25, 0.3) is 10.7 Å². The molecule has 0 fully saturated rings. The van der Waals surface area contributed by atoms with Gasteiger partial charge in [-0.15, -0.1) is 16.4 Å². The summed E-state index contributed by atoms with van der Waals surface area (Å²) in [6, 6.07) is 14.3. The average molecular weight is 387 g/mol. The Kier molecular flexibility index (Phi) is 6.46. The fourth-order valence-corrected chi connectivity index (χ4v) is 4.04. The molecule has 2 N–H and O–H groups in total. The number of H-pyrrole nitrogens is 1. The van der Waals surface area contributed by atoms with Crippen molar-refractivity contribution in [1.29, 1.82) is 0 Å². The lowest BCUT2D eigenvalue weighted by molar-refractivity contribution is -0.120. The van der Waals surface area contributed by atoms with Gasteiger partial charge in [-0.25, -0.2) is 4.98 Å². The first kappa shape index (κ1) is 18.7. The van der Waals surface area contributed by atoms with Gasteiger partial charge >= 0.3 is 0 Å². The van der Waals surface area contributed by atoms with Gasteiger partial charge in [0.2, 0.25) is 11.1 Å². The maximum absolute atomic E-state index is 12.4. The molecule has 0 spiro atoms. The van der Waals surface area contributed by atoms with Crippen LogP contribution in [-0.2, 0) is 4.79 Å². The van der Waals surface area contributed by atoms with Crippen LogP contribution < -0.4 is 5.32 Å². The van der Waals surface area contributed by atoms with Crippen molar-refractivity contribution in [3.8, 4) is 10.7 Å². The molecule has 0 radical (unpaired) electrons. The Morgan fingerprint density at radius 2 is 2.08 bits per heavy atom. The summed E-state index contributed by atoms with van der Waals surface area (Å²) in [7, 11) is 0. The van der Waals surface area contributed by atoms with Crippen molar-refractivity contribution in [3.05, 3.63) is 53.4 Å². The largest absolute Gasteiger partial charge is 0.355 e. The summed E-state index contributed by atoms with van der Waals surface area (Å²) in [6.07, 6.45) is 0.983. The highest BCUT2D eigenvalue weighted by atomic mass is 32.2. The molecular weight excluding hydrogens is 364 g/mol. The number of nitrogens with zero attached hydrogens (tertiary/aromatic N) is 2. The van der Waals surface area contributed by atoms with E-state index >= 15 is 0 Å². The SMILES string of the molecule is CC[C@H](CNC(=O)[C@@H](C)Sc1n[nH]c(-c2cccs2)n1)c1ccccc1. The summed E-state index contributed by atoms with van der Waals surface area (Å²) in [5.74, 6) is 1.07. The number of thiophene rings is 1. The third kappa shape index (κ3) is 4.74. The molecule has 0 unspecified atom stereocenters. The van der Waals surface area contributed by atoms with E-state index in [0.717, 1.165) is 17.1 Å². The van der Waals surface area contributed by atoms with E-state index in [-0.39, 0.29) is 11.2 Å². The zero-order chi connectivity index (χ0) is 18.4. The molecule has 0 aliphatic rings. The van der Waals surface area contributed by atoms with Crippen molar-refractivity contribution in [2.75, 3.05) is 6.54 Å². The predicted octanol–water partition coefficient (Wildman–Crippen LogP) is 4.32. The Hall–Kier alpha value is -2.12. The quantitative estimate of drug-likeness (QED) is 0.566. The third-order valence-corrected chi connectivity index (χ3v) is 5.99. The molecule has 0 saturated heterocycles. The summed E-state index contributed by atoms with van der Waals surface area (Å²) in [4.78, 5) is 17.9. The first-order valence-electron chi connectivity index (χ1n) is 8.63. The Labute approximate surface area is 161 Å². The molecule has 26 heavy (non-hydrogen) atoms. The van der Waals surface area contributed by atoms with Crippen LogP contribution in [0.5, 0.6) is 0 Å². The zero-order valence-electron chi connectivity index (χ0n) is 14.8. The van der Waals surface area contributed by atoms with Crippen LogP contribution in [0.15, 0.2) is 53.0 Å². The third-order valence-electron chi connectivity index (χ3n) is 4.16. The van der Waals surface area contributed by atoms with Crippen molar-refractivity contribution in [1.82, 2.24) is 20.5 Å². The molecule has 0 bridgehead atoms. The fourth-order valence-electron chi connectivity index (χ4n) is 2.62. The zero-order valence-corrected chi connectivity index (χ0v) is 16.4. The minimum absolute atomic E-state index is 0.00635. The molecule has 136 valence electrons. The van der Waals surface area contributed by atoms with E-state index in [2.05, 4.69) is 39.6 Å². The van der Waals surface area contributed by atoms with E-state index in [1.807, 2.05) is 42.6 Å². The number of amides is 1. The number of hydrogen-bond donors (Lipinski definition) is 2. The predicted molar refractivity (Wildman–Crippen MR) is 107 cm³/mol. The average Bonchev–Trinajstić information content (AvgIpc) is 3.34. The monoisotopic (exact) mass is 386 g/mol. The molecule has 7 heteroatoms. The number of benzene rings is 1. The second kappa shape index (κ2) is 9.00. The van der Waals surface area contributed by atoms with Gasteiger partial charge in [0.1, 0.15) is 0 Å².